The van der Waals surface area contributed by atoms with Crippen molar-refractivity contribution in [1.82, 2.24) is 10.4 Å². The van der Waals surface area contributed by atoms with Crippen molar-refractivity contribution in [3.63, 3.8) is 0 Å². The molecule has 0 radical (unpaired) electrons. The summed E-state index contributed by atoms with van der Waals surface area (Å²) >= 11 is 5.79. The van der Waals surface area contributed by atoms with Gasteiger partial charge in [0.1, 0.15) is 0 Å². The number of hydrogen-bond acceptors (Lipinski definition) is 2. The van der Waals surface area contributed by atoms with Crippen molar-refractivity contribution >= 4 is 23.4 Å². The number of amides is 2. The van der Waals surface area contributed by atoms with Crippen molar-refractivity contribution in [1.29, 1.82) is 0 Å². The molecule has 0 atom stereocenters. The second kappa shape index (κ2) is 6.75. The highest BCUT2D eigenvalue weighted by atomic mass is 35.5. The van der Waals surface area contributed by atoms with Crippen LogP contribution < -0.4 is 5.43 Å². The minimum Gasteiger partial charge on any atom is -0.273 e. The lowest BCUT2D eigenvalue weighted by Gasteiger charge is -2.35. The predicted molar refractivity (Wildman–Crippen MR) is 80.4 cm³/mol. The lowest BCUT2D eigenvalue weighted by atomic mass is 10.1. The fourth-order valence-corrected chi connectivity index (χ4v) is 1.82. The summed E-state index contributed by atoms with van der Waals surface area (Å²) in [6.07, 6.45) is 1.14. The Bertz CT molecular complexity index is 478. The van der Waals surface area contributed by atoms with Crippen LogP contribution in [0, 0.1) is 0 Å². The summed E-state index contributed by atoms with van der Waals surface area (Å²) in [5.41, 5.74) is 2.67. The van der Waals surface area contributed by atoms with Gasteiger partial charge in [-0.2, -0.15) is 0 Å². The largest absolute Gasteiger partial charge is 0.273 e. The molecule has 0 bridgehead atoms. The summed E-state index contributed by atoms with van der Waals surface area (Å²) in [5, 5.41) is 1.96. The molecule has 4 nitrogen and oxygen atoms in total. The van der Waals surface area contributed by atoms with Gasteiger partial charge in [0.2, 0.25) is 5.91 Å². The molecule has 0 fully saturated rings. The van der Waals surface area contributed by atoms with Gasteiger partial charge in [-0.3, -0.25) is 15.0 Å². The van der Waals surface area contributed by atoms with Gasteiger partial charge in [0.25, 0.3) is 5.91 Å². The summed E-state index contributed by atoms with van der Waals surface area (Å²) < 4.78 is 0. The van der Waals surface area contributed by atoms with Gasteiger partial charge >= 0.3 is 0 Å². The maximum absolute atomic E-state index is 12.2. The van der Waals surface area contributed by atoms with Crippen LogP contribution in [0.1, 0.15) is 50.9 Å². The van der Waals surface area contributed by atoms with Gasteiger partial charge in [-0.1, -0.05) is 18.5 Å². The molecule has 0 aromatic heterocycles. The Kier molecular flexibility index (Phi) is 5.57. The number of nitrogens with zero attached hydrogens (tertiary/aromatic N) is 1. The Morgan fingerprint density at radius 2 is 1.75 bits per heavy atom. The number of hydrogen-bond donors (Lipinski definition) is 1. The van der Waals surface area contributed by atoms with E-state index in [9.17, 15) is 9.59 Å². The van der Waals surface area contributed by atoms with Crippen LogP contribution in [0.2, 0.25) is 5.02 Å². The Balaban J connectivity index is 2.87. The molecule has 2 amide bonds. The molecule has 1 N–H and O–H groups in total. The van der Waals surface area contributed by atoms with E-state index in [1.807, 2.05) is 27.7 Å². The second-order valence-electron chi connectivity index (χ2n) is 5.60. The molecule has 0 spiro atoms. The zero-order chi connectivity index (χ0) is 15.3. The third kappa shape index (κ3) is 4.53. The van der Waals surface area contributed by atoms with Gasteiger partial charge in [0.15, 0.2) is 0 Å². The van der Waals surface area contributed by atoms with Crippen molar-refractivity contribution in [2.75, 3.05) is 0 Å². The number of rotatable bonds is 3. The Hall–Kier alpha value is -1.55. The van der Waals surface area contributed by atoms with E-state index in [-0.39, 0.29) is 11.8 Å². The van der Waals surface area contributed by atoms with Gasteiger partial charge in [-0.15, -0.1) is 0 Å². The molecule has 0 aliphatic heterocycles. The van der Waals surface area contributed by atoms with E-state index in [2.05, 4.69) is 5.43 Å². The number of halogens is 1. The van der Waals surface area contributed by atoms with Crippen molar-refractivity contribution in [3.05, 3.63) is 34.9 Å². The first-order valence-corrected chi connectivity index (χ1v) is 7.03. The number of carbonyl (C=O) groups excluding carboxylic acids is 2. The summed E-state index contributed by atoms with van der Waals surface area (Å²) in [5.74, 6) is -0.414. The van der Waals surface area contributed by atoms with E-state index >= 15 is 0 Å². The predicted octanol–water partition coefficient (Wildman–Crippen LogP) is 3.41. The zero-order valence-electron chi connectivity index (χ0n) is 12.4. The van der Waals surface area contributed by atoms with Crippen LogP contribution in [0.3, 0.4) is 0 Å². The molecule has 0 saturated heterocycles. The maximum Gasteiger partial charge on any atom is 0.269 e. The Labute approximate surface area is 125 Å². The number of nitrogens with one attached hydrogen (secondary N) is 1. The summed E-state index contributed by atoms with van der Waals surface area (Å²) in [7, 11) is 0. The average Bonchev–Trinajstić information content (AvgIpc) is 2.35. The molecule has 1 aromatic rings. The van der Waals surface area contributed by atoms with E-state index in [1.54, 1.807) is 24.3 Å². The molecule has 1 rings (SSSR count). The molecule has 0 aliphatic rings. The normalized spacial score (nSPS) is 11.1. The average molecular weight is 297 g/mol. The molecule has 110 valence electrons. The number of benzene rings is 1. The first kappa shape index (κ1) is 16.5. The van der Waals surface area contributed by atoms with Gasteiger partial charge in [-0.25, -0.2) is 5.01 Å². The van der Waals surface area contributed by atoms with Crippen LogP contribution in [-0.2, 0) is 4.79 Å². The molecule has 5 heteroatoms. The van der Waals surface area contributed by atoms with Crippen molar-refractivity contribution < 1.29 is 9.59 Å². The third-order valence-corrected chi connectivity index (χ3v) is 2.96. The van der Waals surface area contributed by atoms with Crippen LogP contribution in [-0.4, -0.2) is 22.4 Å². The van der Waals surface area contributed by atoms with Crippen molar-refractivity contribution in [2.24, 2.45) is 0 Å². The van der Waals surface area contributed by atoms with Crippen LogP contribution >= 0.6 is 11.6 Å². The van der Waals surface area contributed by atoms with Gasteiger partial charge < -0.3 is 0 Å². The molecule has 1 aromatic carbocycles. The Morgan fingerprint density at radius 3 is 2.20 bits per heavy atom. The van der Waals surface area contributed by atoms with Crippen LogP contribution in [0.5, 0.6) is 0 Å². The molecule has 0 saturated carbocycles. The van der Waals surface area contributed by atoms with Gasteiger partial charge in [0.05, 0.1) is 5.54 Å². The SMILES string of the molecule is CCCC(=O)N(NC(=O)c1ccc(Cl)cc1)C(C)(C)C. The van der Waals surface area contributed by atoms with Crippen LogP contribution in [0.25, 0.3) is 0 Å². The van der Waals surface area contributed by atoms with Gasteiger partial charge in [-0.05, 0) is 51.5 Å². The lowest BCUT2D eigenvalue weighted by molar-refractivity contribution is -0.139. The summed E-state index contributed by atoms with van der Waals surface area (Å²) in [4.78, 5) is 24.3. The van der Waals surface area contributed by atoms with Crippen LogP contribution in [0.4, 0.5) is 0 Å². The fraction of sp³-hybridized carbons (Fsp3) is 0.467. The fourth-order valence-electron chi connectivity index (χ4n) is 1.70. The van der Waals surface area contributed by atoms with E-state index in [0.29, 0.717) is 17.0 Å². The lowest BCUT2D eigenvalue weighted by Crippen LogP contribution is -2.55. The van der Waals surface area contributed by atoms with Crippen molar-refractivity contribution in [3.8, 4) is 0 Å². The molecule has 0 heterocycles. The minimum absolute atomic E-state index is 0.0951. The molecular weight excluding hydrogens is 276 g/mol. The number of hydrazine groups is 1. The second-order valence-corrected chi connectivity index (χ2v) is 6.03. The highest BCUT2D eigenvalue weighted by molar-refractivity contribution is 6.30. The first-order chi connectivity index (χ1) is 9.25. The maximum atomic E-state index is 12.2. The molecule has 0 unspecified atom stereocenters. The highest BCUT2D eigenvalue weighted by Crippen LogP contribution is 2.14. The number of carbonyl (C=O) groups is 2. The smallest absolute Gasteiger partial charge is 0.269 e. The van der Waals surface area contributed by atoms with E-state index < -0.39 is 5.54 Å². The standard InChI is InChI=1S/C15H21ClN2O2/c1-5-6-13(19)18(15(2,3)4)17-14(20)11-7-9-12(16)10-8-11/h7-10H,5-6H2,1-4H3,(H,17,20). The van der Waals surface area contributed by atoms with Gasteiger partial charge in [0, 0.05) is 17.0 Å². The minimum atomic E-state index is -0.478. The topological polar surface area (TPSA) is 49.4 Å². The molecule has 0 aliphatic carbocycles. The molecule has 20 heavy (non-hydrogen) atoms. The third-order valence-electron chi connectivity index (χ3n) is 2.70. The molecular formula is C15H21ClN2O2. The summed E-state index contributed by atoms with van der Waals surface area (Å²) in [6.45, 7) is 7.56. The quantitative estimate of drug-likeness (QED) is 0.869. The van der Waals surface area contributed by atoms with E-state index in [1.165, 1.54) is 5.01 Å². The van der Waals surface area contributed by atoms with E-state index in [4.69, 9.17) is 11.6 Å². The first-order valence-electron chi connectivity index (χ1n) is 6.65. The van der Waals surface area contributed by atoms with E-state index in [0.717, 1.165) is 6.42 Å². The monoisotopic (exact) mass is 296 g/mol. The Morgan fingerprint density at radius 1 is 1.20 bits per heavy atom. The van der Waals surface area contributed by atoms with Crippen LogP contribution in [0.15, 0.2) is 24.3 Å². The highest BCUT2D eigenvalue weighted by Gasteiger charge is 2.27. The van der Waals surface area contributed by atoms with Crippen molar-refractivity contribution in [2.45, 2.75) is 46.1 Å². The zero-order valence-corrected chi connectivity index (χ0v) is 13.1. The summed E-state index contributed by atoms with van der Waals surface area (Å²) in [6, 6.07) is 6.54.